The molecule has 0 fully saturated rings. The molecule has 0 aliphatic carbocycles. The summed E-state index contributed by atoms with van der Waals surface area (Å²) in [6.07, 6.45) is 0.796. The number of rotatable bonds is 6. The number of anilines is 1. The molecular formula is C15H20ClN3O2. The molecule has 2 rings (SSSR count). The van der Waals surface area contributed by atoms with Crippen LogP contribution >= 0.6 is 11.6 Å². The molecule has 1 heterocycles. The monoisotopic (exact) mass is 309 g/mol. The molecule has 0 bridgehead atoms. The number of halogens is 1. The first kappa shape index (κ1) is 15.5. The average Bonchev–Trinajstić information content (AvgIpc) is 2.81. The van der Waals surface area contributed by atoms with Crippen molar-refractivity contribution in [3.63, 3.8) is 0 Å². The number of nitrogen functional groups attached to an aromatic ring is 1. The van der Waals surface area contributed by atoms with E-state index in [9.17, 15) is 0 Å². The fraction of sp³-hybridized carbons (Fsp3) is 0.400. The first-order chi connectivity index (χ1) is 10.1. The van der Waals surface area contributed by atoms with Crippen molar-refractivity contribution in [2.24, 2.45) is 0 Å². The molecular weight excluding hydrogens is 290 g/mol. The van der Waals surface area contributed by atoms with Crippen molar-refractivity contribution in [1.29, 1.82) is 0 Å². The third kappa shape index (κ3) is 3.24. The van der Waals surface area contributed by atoms with Gasteiger partial charge in [0.2, 0.25) is 0 Å². The van der Waals surface area contributed by atoms with Crippen LogP contribution in [0.15, 0.2) is 18.2 Å². The minimum Gasteiger partial charge on any atom is -0.493 e. The zero-order valence-electron chi connectivity index (χ0n) is 12.5. The van der Waals surface area contributed by atoms with Crippen molar-refractivity contribution in [1.82, 2.24) is 9.78 Å². The summed E-state index contributed by atoms with van der Waals surface area (Å²) < 4.78 is 13.0. The molecule has 0 saturated heterocycles. The predicted molar refractivity (Wildman–Crippen MR) is 84.0 cm³/mol. The van der Waals surface area contributed by atoms with Crippen molar-refractivity contribution >= 4 is 17.3 Å². The predicted octanol–water partition coefficient (Wildman–Crippen LogP) is 3.29. The number of methoxy groups -OCH3 is 1. The van der Waals surface area contributed by atoms with Gasteiger partial charge in [-0.2, -0.15) is 5.10 Å². The first-order valence-corrected chi connectivity index (χ1v) is 7.28. The Labute approximate surface area is 129 Å². The number of aryl methyl sites for hydroxylation is 2. The van der Waals surface area contributed by atoms with Crippen LogP contribution in [0.2, 0.25) is 5.02 Å². The molecule has 2 N–H and O–H groups in total. The molecule has 0 unspecified atom stereocenters. The lowest BCUT2D eigenvalue weighted by atomic mass is 10.3. The van der Waals surface area contributed by atoms with Gasteiger partial charge in [0.1, 0.15) is 6.61 Å². The summed E-state index contributed by atoms with van der Waals surface area (Å²) in [5.74, 6) is 1.23. The van der Waals surface area contributed by atoms with Crippen LogP contribution < -0.4 is 15.2 Å². The summed E-state index contributed by atoms with van der Waals surface area (Å²) in [6.45, 7) is 5.13. The van der Waals surface area contributed by atoms with Gasteiger partial charge in [0.05, 0.1) is 23.5 Å². The van der Waals surface area contributed by atoms with E-state index in [0.717, 1.165) is 24.4 Å². The van der Waals surface area contributed by atoms with E-state index in [2.05, 4.69) is 5.10 Å². The molecule has 0 aliphatic rings. The Bertz CT molecular complexity index is 626. The first-order valence-electron chi connectivity index (χ1n) is 6.91. The van der Waals surface area contributed by atoms with Gasteiger partial charge in [-0.1, -0.05) is 18.5 Å². The molecule has 0 amide bonds. The minimum atomic E-state index is 0.333. The van der Waals surface area contributed by atoms with Gasteiger partial charge in [-0.15, -0.1) is 0 Å². The van der Waals surface area contributed by atoms with E-state index in [0.29, 0.717) is 28.8 Å². The van der Waals surface area contributed by atoms with E-state index in [4.69, 9.17) is 26.8 Å². The summed E-state index contributed by atoms with van der Waals surface area (Å²) in [6, 6.07) is 5.29. The number of nitrogens with zero attached hydrogens (tertiary/aromatic N) is 2. The molecule has 0 radical (unpaired) electrons. The lowest BCUT2D eigenvalue weighted by Gasteiger charge is -2.12. The van der Waals surface area contributed by atoms with Gasteiger partial charge in [-0.3, -0.25) is 4.68 Å². The van der Waals surface area contributed by atoms with E-state index in [-0.39, 0.29) is 0 Å². The Hall–Kier alpha value is -1.88. The number of hydrogen-bond donors (Lipinski definition) is 1. The Morgan fingerprint density at radius 2 is 2.05 bits per heavy atom. The lowest BCUT2D eigenvalue weighted by molar-refractivity contribution is 0.274. The van der Waals surface area contributed by atoms with Crippen molar-refractivity contribution in [2.75, 3.05) is 12.8 Å². The van der Waals surface area contributed by atoms with Crippen molar-refractivity contribution in [3.8, 4) is 11.5 Å². The molecule has 1 aromatic heterocycles. The highest BCUT2D eigenvalue weighted by molar-refractivity contribution is 6.31. The number of ether oxygens (including phenoxy) is 2. The third-order valence-electron chi connectivity index (χ3n) is 3.25. The highest BCUT2D eigenvalue weighted by Crippen LogP contribution is 2.31. The van der Waals surface area contributed by atoms with E-state index >= 15 is 0 Å². The molecule has 0 atom stereocenters. The van der Waals surface area contributed by atoms with Crippen LogP contribution in [0, 0.1) is 0 Å². The van der Waals surface area contributed by atoms with Gasteiger partial charge >= 0.3 is 0 Å². The molecule has 1 aromatic carbocycles. The zero-order chi connectivity index (χ0) is 15.4. The third-order valence-corrected chi connectivity index (χ3v) is 3.68. The topological polar surface area (TPSA) is 62.3 Å². The van der Waals surface area contributed by atoms with Gasteiger partial charge in [-0.25, -0.2) is 0 Å². The number of hydrogen-bond acceptors (Lipinski definition) is 4. The molecule has 6 heteroatoms. The normalized spacial score (nSPS) is 10.7. The van der Waals surface area contributed by atoms with Crippen LogP contribution in [0.25, 0.3) is 0 Å². The Balaban J connectivity index is 2.22. The van der Waals surface area contributed by atoms with Crippen LogP contribution in [-0.2, 0) is 19.6 Å². The summed E-state index contributed by atoms with van der Waals surface area (Å²) >= 11 is 6.36. The second-order valence-electron chi connectivity index (χ2n) is 4.58. The smallest absolute Gasteiger partial charge is 0.162 e. The average molecular weight is 310 g/mol. The van der Waals surface area contributed by atoms with Crippen LogP contribution in [-0.4, -0.2) is 16.9 Å². The lowest BCUT2D eigenvalue weighted by Crippen LogP contribution is -2.07. The molecule has 5 nitrogen and oxygen atoms in total. The fourth-order valence-electron chi connectivity index (χ4n) is 2.10. The highest BCUT2D eigenvalue weighted by Gasteiger charge is 2.15. The Morgan fingerprint density at radius 3 is 2.67 bits per heavy atom. The van der Waals surface area contributed by atoms with Crippen LogP contribution in [0.1, 0.15) is 25.2 Å². The zero-order valence-corrected chi connectivity index (χ0v) is 13.3. The maximum absolute atomic E-state index is 6.36. The molecule has 0 aliphatic heterocycles. The SMILES string of the molecule is CCc1nn(CC)c(COc2ccc(N)cc2OC)c1Cl. The Morgan fingerprint density at radius 1 is 1.29 bits per heavy atom. The van der Waals surface area contributed by atoms with E-state index in [1.165, 1.54) is 0 Å². The highest BCUT2D eigenvalue weighted by atomic mass is 35.5. The standard InChI is InChI=1S/C15H20ClN3O2/c1-4-11-15(16)12(19(5-2)18-11)9-21-13-7-6-10(17)8-14(13)20-3/h6-8H,4-5,9,17H2,1-3H3. The largest absolute Gasteiger partial charge is 0.493 e. The van der Waals surface area contributed by atoms with Crippen LogP contribution in [0.4, 0.5) is 5.69 Å². The van der Waals surface area contributed by atoms with Crippen molar-refractivity contribution < 1.29 is 9.47 Å². The molecule has 0 spiro atoms. The van der Waals surface area contributed by atoms with Crippen LogP contribution in [0.3, 0.4) is 0 Å². The number of benzene rings is 1. The van der Waals surface area contributed by atoms with Crippen molar-refractivity contribution in [2.45, 2.75) is 33.4 Å². The molecule has 21 heavy (non-hydrogen) atoms. The quantitative estimate of drug-likeness (QED) is 0.832. The van der Waals surface area contributed by atoms with Gasteiger partial charge in [0.25, 0.3) is 0 Å². The Kier molecular flexibility index (Phi) is 4.96. The molecule has 2 aromatic rings. The second kappa shape index (κ2) is 6.72. The maximum atomic E-state index is 6.36. The number of nitrogens with two attached hydrogens (primary N) is 1. The van der Waals surface area contributed by atoms with Crippen LogP contribution in [0.5, 0.6) is 11.5 Å². The van der Waals surface area contributed by atoms with E-state index < -0.39 is 0 Å². The summed E-state index contributed by atoms with van der Waals surface area (Å²) in [5, 5.41) is 5.14. The minimum absolute atomic E-state index is 0.333. The summed E-state index contributed by atoms with van der Waals surface area (Å²) in [4.78, 5) is 0. The number of aromatic nitrogens is 2. The van der Waals surface area contributed by atoms with Gasteiger partial charge in [-0.05, 0) is 25.5 Å². The second-order valence-corrected chi connectivity index (χ2v) is 4.95. The van der Waals surface area contributed by atoms with Gasteiger partial charge < -0.3 is 15.2 Å². The fourth-order valence-corrected chi connectivity index (χ4v) is 2.43. The molecule has 0 saturated carbocycles. The summed E-state index contributed by atoms with van der Waals surface area (Å²) in [5.41, 5.74) is 8.12. The molecule has 114 valence electrons. The van der Waals surface area contributed by atoms with Gasteiger partial charge in [0.15, 0.2) is 11.5 Å². The van der Waals surface area contributed by atoms with Crippen molar-refractivity contribution in [3.05, 3.63) is 34.6 Å². The van der Waals surface area contributed by atoms with Gasteiger partial charge in [0, 0.05) is 18.3 Å². The van der Waals surface area contributed by atoms with E-state index in [1.807, 2.05) is 18.5 Å². The van der Waals surface area contributed by atoms with E-state index in [1.54, 1.807) is 25.3 Å². The summed E-state index contributed by atoms with van der Waals surface area (Å²) in [7, 11) is 1.58. The maximum Gasteiger partial charge on any atom is 0.162 e.